The Morgan fingerprint density at radius 1 is 0.929 bits per heavy atom. The summed E-state index contributed by atoms with van der Waals surface area (Å²) in [6.45, 7) is 7.46. The smallest absolute Gasteiger partial charge is 0.233 e. The number of anilines is 2. The van der Waals surface area contributed by atoms with Gasteiger partial charge in [-0.25, -0.2) is 9.97 Å². The number of nitrogens with zero attached hydrogens (tertiary/aromatic N) is 7. The molecule has 1 aliphatic rings. The Morgan fingerprint density at radius 2 is 1.71 bits per heavy atom. The Hall–Kier alpha value is -3.29. The van der Waals surface area contributed by atoms with Gasteiger partial charge < -0.3 is 14.5 Å². The van der Waals surface area contributed by atoms with Crippen LogP contribution < -0.4 is 14.5 Å². The molecule has 1 aliphatic heterocycles. The molecule has 3 aromatic rings. The van der Waals surface area contributed by atoms with Crippen LogP contribution in [0.25, 0.3) is 11.5 Å². The van der Waals surface area contributed by atoms with Gasteiger partial charge in [-0.1, -0.05) is 6.07 Å². The van der Waals surface area contributed by atoms with E-state index in [0.717, 1.165) is 54.8 Å². The van der Waals surface area contributed by atoms with Crippen molar-refractivity contribution < 1.29 is 4.74 Å². The lowest BCUT2D eigenvalue weighted by Gasteiger charge is -2.36. The molecule has 0 N–H and O–H groups in total. The number of piperazine rings is 1. The fourth-order valence-corrected chi connectivity index (χ4v) is 3.27. The first kappa shape index (κ1) is 18.1. The number of aryl methyl sites for hydroxylation is 1. The predicted octanol–water partition coefficient (Wildman–Crippen LogP) is 2.28. The van der Waals surface area contributed by atoms with E-state index in [4.69, 9.17) is 9.72 Å². The van der Waals surface area contributed by atoms with E-state index in [1.165, 1.54) is 0 Å². The summed E-state index contributed by atoms with van der Waals surface area (Å²) in [6, 6.07) is 5.79. The van der Waals surface area contributed by atoms with Crippen molar-refractivity contribution in [3.63, 3.8) is 0 Å². The summed E-state index contributed by atoms with van der Waals surface area (Å²) in [5, 5.41) is 0. The van der Waals surface area contributed by atoms with E-state index < -0.39 is 0 Å². The van der Waals surface area contributed by atoms with Crippen molar-refractivity contribution in [2.45, 2.75) is 13.8 Å². The first-order valence-corrected chi connectivity index (χ1v) is 9.28. The Bertz CT molecular complexity index is 956. The van der Waals surface area contributed by atoms with Crippen LogP contribution >= 0.6 is 0 Å². The average Bonchev–Trinajstić information content (AvgIpc) is 2.76. The molecule has 8 heteroatoms. The zero-order valence-electron chi connectivity index (χ0n) is 16.3. The molecule has 0 aliphatic carbocycles. The van der Waals surface area contributed by atoms with Gasteiger partial charge in [-0.2, -0.15) is 4.98 Å². The molecule has 3 aromatic heterocycles. The van der Waals surface area contributed by atoms with Crippen LogP contribution in [0.3, 0.4) is 0 Å². The van der Waals surface area contributed by atoms with E-state index in [0.29, 0.717) is 11.7 Å². The minimum atomic E-state index is 0.530. The van der Waals surface area contributed by atoms with Gasteiger partial charge in [0.15, 0.2) is 11.6 Å². The van der Waals surface area contributed by atoms with Gasteiger partial charge in [0.2, 0.25) is 5.88 Å². The van der Waals surface area contributed by atoms with E-state index in [2.05, 4.69) is 36.7 Å². The van der Waals surface area contributed by atoms with Crippen molar-refractivity contribution in [1.29, 1.82) is 0 Å². The van der Waals surface area contributed by atoms with E-state index in [1.54, 1.807) is 25.7 Å². The van der Waals surface area contributed by atoms with Crippen molar-refractivity contribution in [1.82, 2.24) is 24.9 Å². The number of aromatic nitrogens is 5. The molecule has 4 rings (SSSR count). The second-order valence-electron chi connectivity index (χ2n) is 6.69. The van der Waals surface area contributed by atoms with E-state index in [1.807, 2.05) is 25.1 Å². The van der Waals surface area contributed by atoms with Gasteiger partial charge in [0.1, 0.15) is 11.5 Å². The third kappa shape index (κ3) is 3.58. The largest absolute Gasteiger partial charge is 0.480 e. The van der Waals surface area contributed by atoms with Gasteiger partial charge in [0.05, 0.1) is 19.5 Å². The molecule has 0 unspecified atom stereocenters. The maximum absolute atomic E-state index is 5.19. The highest BCUT2D eigenvalue weighted by molar-refractivity contribution is 5.58. The first-order chi connectivity index (χ1) is 13.7. The minimum Gasteiger partial charge on any atom is -0.480 e. The molecule has 0 amide bonds. The molecular formula is C20H23N7O. The quantitative estimate of drug-likeness (QED) is 0.685. The summed E-state index contributed by atoms with van der Waals surface area (Å²) >= 11 is 0. The normalized spacial score (nSPS) is 14.2. The lowest BCUT2D eigenvalue weighted by molar-refractivity contribution is 0.395. The topological polar surface area (TPSA) is 80.2 Å². The number of pyridine rings is 1. The third-order valence-corrected chi connectivity index (χ3v) is 4.97. The minimum absolute atomic E-state index is 0.530. The van der Waals surface area contributed by atoms with Crippen LogP contribution in [0.15, 0.2) is 36.8 Å². The van der Waals surface area contributed by atoms with Crippen LogP contribution in [0, 0.1) is 13.8 Å². The van der Waals surface area contributed by atoms with Crippen LogP contribution in [0.5, 0.6) is 5.88 Å². The molecule has 28 heavy (non-hydrogen) atoms. The lowest BCUT2D eigenvalue weighted by atomic mass is 10.2. The van der Waals surface area contributed by atoms with Gasteiger partial charge in [0.25, 0.3) is 0 Å². The number of rotatable bonds is 4. The van der Waals surface area contributed by atoms with Crippen molar-refractivity contribution in [2.75, 3.05) is 43.1 Å². The summed E-state index contributed by atoms with van der Waals surface area (Å²) in [4.78, 5) is 27.1. The highest BCUT2D eigenvalue weighted by Crippen LogP contribution is 2.25. The van der Waals surface area contributed by atoms with Crippen LogP contribution in [0.4, 0.5) is 11.6 Å². The number of ether oxygens (including phenoxy) is 1. The molecule has 1 fully saturated rings. The summed E-state index contributed by atoms with van der Waals surface area (Å²) < 4.78 is 5.19. The van der Waals surface area contributed by atoms with Gasteiger partial charge in [-0.15, -0.1) is 0 Å². The molecule has 0 bridgehead atoms. The highest BCUT2D eigenvalue weighted by atomic mass is 16.5. The Labute approximate surface area is 164 Å². The molecule has 0 spiro atoms. The predicted molar refractivity (Wildman–Crippen MR) is 108 cm³/mol. The molecule has 0 aromatic carbocycles. The van der Waals surface area contributed by atoms with Crippen LogP contribution in [0.2, 0.25) is 0 Å². The Morgan fingerprint density at radius 3 is 2.43 bits per heavy atom. The molecule has 1 saturated heterocycles. The average molecular weight is 377 g/mol. The standard InChI is InChI=1S/C20H23N7O/c1-14-15(2)23-19(16-6-4-5-7-22-16)25-20(14)27-10-8-26(9-11-27)17-12-21-13-18(24-17)28-3/h4-7,12-13H,8-11H2,1-3H3. The van der Waals surface area contributed by atoms with Gasteiger partial charge >= 0.3 is 0 Å². The summed E-state index contributed by atoms with van der Waals surface area (Å²) in [7, 11) is 1.60. The van der Waals surface area contributed by atoms with Gasteiger partial charge in [-0.3, -0.25) is 9.97 Å². The second kappa shape index (κ2) is 7.75. The fourth-order valence-electron chi connectivity index (χ4n) is 3.27. The number of methoxy groups -OCH3 is 1. The monoisotopic (exact) mass is 377 g/mol. The van der Waals surface area contributed by atoms with Crippen molar-refractivity contribution >= 4 is 11.6 Å². The van der Waals surface area contributed by atoms with Crippen LogP contribution in [0.1, 0.15) is 11.3 Å². The molecule has 0 radical (unpaired) electrons. The first-order valence-electron chi connectivity index (χ1n) is 9.28. The molecule has 4 heterocycles. The van der Waals surface area contributed by atoms with E-state index >= 15 is 0 Å². The summed E-state index contributed by atoms with van der Waals surface area (Å²) in [5.41, 5.74) is 2.87. The van der Waals surface area contributed by atoms with Gasteiger partial charge in [-0.05, 0) is 26.0 Å². The molecule has 144 valence electrons. The number of hydrogen-bond acceptors (Lipinski definition) is 8. The molecule has 0 saturated carbocycles. The van der Waals surface area contributed by atoms with Crippen molar-refractivity contribution in [3.05, 3.63) is 48.0 Å². The Balaban J connectivity index is 1.55. The van der Waals surface area contributed by atoms with Crippen molar-refractivity contribution in [2.24, 2.45) is 0 Å². The summed E-state index contributed by atoms with van der Waals surface area (Å²) in [6.07, 6.45) is 5.16. The lowest BCUT2D eigenvalue weighted by Crippen LogP contribution is -2.47. The Kier molecular flexibility index (Phi) is 5.01. The fraction of sp³-hybridized carbons (Fsp3) is 0.350. The SMILES string of the molecule is COc1cncc(N2CCN(c3nc(-c4ccccn4)nc(C)c3C)CC2)n1. The van der Waals surface area contributed by atoms with Crippen molar-refractivity contribution in [3.8, 4) is 17.4 Å². The molecule has 0 atom stereocenters. The maximum Gasteiger partial charge on any atom is 0.233 e. The van der Waals surface area contributed by atoms with Crippen LogP contribution in [-0.2, 0) is 0 Å². The summed E-state index contributed by atoms with van der Waals surface area (Å²) in [5.74, 6) is 3.01. The highest BCUT2D eigenvalue weighted by Gasteiger charge is 2.22. The van der Waals surface area contributed by atoms with Gasteiger partial charge in [0, 0.05) is 43.6 Å². The number of hydrogen-bond donors (Lipinski definition) is 0. The molecular weight excluding hydrogens is 354 g/mol. The second-order valence-corrected chi connectivity index (χ2v) is 6.69. The zero-order valence-corrected chi connectivity index (χ0v) is 16.3. The third-order valence-electron chi connectivity index (χ3n) is 4.97. The van der Waals surface area contributed by atoms with Crippen LogP contribution in [-0.4, -0.2) is 58.2 Å². The van der Waals surface area contributed by atoms with E-state index in [-0.39, 0.29) is 0 Å². The molecule has 8 nitrogen and oxygen atoms in total. The van der Waals surface area contributed by atoms with E-state index in [9.17, 15) is 0 Å². The zero-order chi connectivity index (χ0) is 19.5. The maximum atomic E-state index is 5.19.